The van der Waals surface area contributed by atoms with Crippen molar-refractivity contribution in [2.45, 2.75) is 76.3 Å². The number of aliphatic hydroxyl groups is 2. The highest BCUT2D eigenvalue weighted by molar-refractivity contribution is 6.30. The van der Waals surface area contributed by atoms with Crippen LogP contribution in [0.2, 0.25) is 0 Å². The van der Waals surface area contributed by atoms with Gasteiger partial charge in [-0.25, -0.2) is 0 Å². The Morgan fingerprint density at radius 2 is 1.81 bits per heavy atom. The molecule has 1 saturated heterocycles. The van der Waals surface area contributed by atoms with E-state index in [0.717, 1.165) is 0 Å². The number of aliphatic hydroxyl groups excluding tert-OH is 1. The molecule has 0 saturated carbocycles. The van der Waals surface area contributed by atoms with E-state index < -0.39 is 47.5 Å². The molecule has 2 aliphatic carbocycles. The van der Waals surface area contributed by atoms with Crippen molar-refractivity contribution >= 4 is 17.3 Å². The SMILES string of the molecule is CC(=O)[C@@]1(O)CCc2c(c(O)c3c(c2CO[C@H]2C[C@H](N)[C@H](O)[C@H](C)O2)C(=O)c2ccccc2C3=O)C1. The Bertz CT molecular complexity index is 1280. The number of hydrogen-bond donors (Lipinski definition) is 4. The first-order valence-electron chi connectivity index (χ1n) is 12.1. The first-order chi connectivity index (χ1) is 17.0. The van der Waals surface area contributed by atoms with E-state index in [9.17, 15) is 29.7 Å². The van der Waals surface area contributed by atoms with Crippen LogP contribution in [0.4, 0.5) is 0 Å². The van der Waals surface area contributed by atoms with Crippen molar-refractivity contribution in [2.75, 3.05) is 0 Å². The minimum atomic E-state index is -1.68. The van der Waals surface area contributed by atoms with Gasteiger partial charge in [-0.1, -0.05) is 24.3 Å². The van der Waals surface area contributed by atoms with Crippen LogP contribution in [-0.4, -0.2) is 62.8 Å². The van der Waals surface area contributed by atoms with Crippen LogP contribution in [-0.2, 0) is 33.7 Å². The second-order valence-corrected chi connectivity index (χ2v) is 9.97. The first kappa shape index (κ1) is 24.7. The van der Waals surface area contributed by atoms with Crippen molar-refractivity contribution in [3.63, 3.8) is 0 Å². The van der Waals surface area contributed by atoms with Crippen LogP contribution in [0.5, 0.6) is 5.75 Å². The fourth-order valence-electron chi connectivity index (χ4n) is 5.55. The van der Waals surface area contributed by atoms with Gasteiger partial charge in [0, 0.05) is 41.1 Å². The second kappa shape index (κ2) is 8.86. The van der Waals surface area contributed by atoms with Crippen molar-refractivity contribution in [1.82, 2.24) is 0 Å². The van der Waals surface area contributed by atoms with E-state index in [2.05, 4.69) is 0 Å². The smallest absolute Gasteiger partial charge is 0.198 e. The summed E-state index contributed by atoms with van der Waals surface area (Å²) < 4.78 is 11.7. The average molecular weight is 496 g/mol. The van der Waals surface area contributed by atoms with Gasteiger partial charge in [-0.05, 0) is 37.8 Å². The van der Waals surface area contributed by atoms with E-state index in [0.29, 0.717) is 11.1 Å². The molecule has 0 spiro atoms. The monoisotopic (exact) mass is 495 g/mol. The molecule has 5 rings (SSSR count). The maximum absolute atomic E-state index is 13.6. The zero-order valence-corrected chi connectivity index (χ0v) is 20.1. The molecule has 0 unspecified atom stereocenters. The summed E-state index contributed by atoms with van der Waals surface area (Å²) in [6, 6.07) is 5.86. The predicted molar refractivity (Wildman–Crippen MR) is 127 cm³/mol. The van der Waals surface area contributed by atoms with Gasteiger partial charge in [-0.15, -0.1) is 0 Å². The Morgan fingerprint density at radius 1 is 1.17 bits per heavy atom. The lowest BCUT2D eigenvalue weighted by Crippen LogP contribution is -2.51. The summed E-state index contributed by atoms with van der Waals surface area (Å²) >= 11 is 0. The molecular formula is C27H29NO8. The largest absolute Gasteiger partial charge is 0.507 e. The number of phenolic OH excluding ortho intramolecular Hbond substituents is 1. The highest BCUT2D eigenvalue weighted by atomic mass is 16.7. The number of carbonyl (C=O) groups is 3. The minimum absolute atomic E-state index is 0.0661. The van der Waals surface area contributed by atoms with E-state index in [1.807, 2.05) is 0 Å². The fourth-order valence-corrected chi connectivity index (χ4v) is 5.55. The third-order valence-corrected chi connectivity index (χ3v) is 7.75. The molecule has 190 valence electrons. The Kier molecular flexibility index (Phi) is 6.09. The zero-order valence-electron chi connectivity index (χ0n) is 20.1. The topological polar surface area (TPSA) is 156 Å². The molecule has 2 aromatic carbocycles. The van der Waals surface area contributed by atoms with Crippen LogP contribution in [0, 0.1) is 0 Å². The third kappa shape index (κ3) is 3.79. The zero-order chi connectivity index (χ0) is 25.9. The highest BCUT2D eigenvalue weighted by Gasteiger charge is 2.44. The molecule has 3 aliphatic rings. The molecule has 1 aliphatic heterocycles. The lowest BCUT2D eigenvalue weighted by molar-refractivity contribution is -0.226. The maximum atomic E-state index is 13.6. The summed E-state index contributed by atoms with van der Waals surface area (Å²) in [5.74, 6) is -1.74. The molecule has 5 N–H and O–H groups in total. The summed E-state index contributed by atoms with van der Waals surface area (Å²) in [6.07, 6.45) is -1.78. The molecule has 1 fully saturated rings. The van der Waals surface area contributed by atoms with Gasteiger partial charge in [-0.3, -0.25) is 14.4 Å². The minimum Gasteiger partial charge on any atom is -0.507 e. The van der Waals surface area contributed by atoms with Crippen molar-refractivity contribution in [2.24, 2.45) is 5.73 Å². The molecule has 0 aromatic heterocycles. The van der Waals surface area contributed by atoms with E-state index in [1.54, 1.807) is 25.1 Å². The molecule has 5 atom stereocenters. The van der Waals surface area contributed by atoms with Crippen LogP contribution in [0.25, 0.3) is 0 Å². The van der Waals surface area contributed by atoms with Crippen molar-refractivity contribution < 1.29 is 39.2 Å². The Labute approximate surface area is 207 Å². The Balaban J connectivity index is 1.62. The first-order valence-corrected chi connectivity index (χ1v) is 12.1. The molecule has 0 radical (unpaired) electrons. The van der Waals surface area contributed by atoms with Crippen LogP contribution >= 0.6 is 0 Å². The quantitative estimate of drug-likeness (QED) is 0.419. The number of ketones is 3. The lowest BCUT2D eigenvalue weighted by Gasteiger charge is -2.37. The Hall–Kier alpha value is -2.95. The summed E-state index contributed by atoms with van der Waals surface area (Å²) in [4.78, 5) is 39.3. The summed E-state index contributed by atoms with van der Waals surface area (Å²) in [5.41, 5.74) is 5.94. The van der Waals surface area contributed by atoms with Crippen LogP contribution in [0.15, 0.2) is 24.3 Å². The number of fused-ring (bicyclic) bond motifs is 3. The van der Waals surface area contributed by atoms with Gasteiger partial charge in [0.1, 0.15) is 11.4 Å². The van der Waals surface area contributed by atoms with E-state index in [1.165, 1.54) is 13.0 Å². The lowest BCUT2D eigenvalue weighted by atomic mass is 9.71. The summed E-state index contributed by atoms with van der Waals surface area (Å²) in [7, 11) is 0. The number of phenols is 1. The number of hydrogen-bond acceptors (Lipinski definition) is 9. The average Bonchev–Trinajstić information content (AvgIpc) is 2.85. The van der Waals surface area contributed by atoms with Gasteiger partial charge in [0.2, 0.25) is 0 Å². The number of ether oxygens (including phenoxy) is 2. The van der Waals surface area contributed by atoms with Crippen LogP contribution in [0.1, 0.15) is 75.2 Å². The molecule has 2 aromatic rings. The fraction of sp³-hybridized carbons (Fsp3) is 0.444. The third-order valence-electron chi connectivity index (χ3n) is 7.75. The van der Waals surface area contributed by atoms with Crippen molar-refractivity contribution in [3.05, 3.63) is 63.2 Å². The molecule has 9 heteroatoms. The second-order valence-electron chi connectivity index (χ2n) is 9.97. The molecule has 1 heterocycles. The number of aromatic hydroxyl groups is 1. The van der Waals surface area contributed by atoms with Crippen molar-refractivity contribution in [3.8, 4) is 5.75 Å². The van der Waals surface area contributed by atoms with Crippen LogP contribution < -0.4 is 5.73 Å². The van der Waals surface area contributed by atoms with Gasteiger partial charge in [-0.2, -0.15) is 0 Å². The number of nitrogens with two attached hydrogens (primary N) is 1. The Morgan fingerprint density at radius 3 is 2.42 bits per heavy atom. The highest BCUT2D eigenvalue weighted by Crippen LogP contribution is 2.44. The van der Waals surface area contributed by atoms with Gasteiger partial charge in [0.05, 0.1) is 24.4 Å². The molecule has 36 heavy (non-hydrogen) atoms. The van der Waals surface area contributed by atoms with Gasteiger partial charge in [0.25, 0.3) is 0 Å². The van der Waals surface area contributed by atoms with Crippen LogP contribution in [0.3, 0.4) is 0 Å². The van der Waals surface area contributed by atoms with E-state index in [4.69, 9.17) is 15.2 Å². The number of benzene rings is 2. The van der Waals surface area contributed by atoms with Gasteiger partial charge in [0.15, 0.2) is 23.6 Å². The van der Waals surface area contributed by atoms with Gasteiger partial charge >= 0.3 is 0 Å². The van der Waals surface area contributed by atoms with Crippen molar-refractivity contribution in [1.29, 1.82) is 0 Å². The predicted octanol–water partition coefficient (Wildman–Crippen LogP) is 1.32. The summed E-state index contributed by atoms with van der Waals surface area (Å²) in [6.45, 7) is 2.85. The van der Waals surface area contributed by atoms with Gasteiger partial charge < -0.3 is 30.5 Å². The molecule has 0 bridgehead atoms. The standard InChI is InChI=1S/C27H29NO8/c1-12-23(30)19(28)9-20(36-12)35-11-18-14-7-8-27(34,13(2)29)10-17(14)26(33)22-21(18)24(31)15-5-3-4-6-16(15)25(22)32/h3-6,12,19-20,23,30,33-34H,7-11,28H2,1-2H3/t12-,19-,20+,23+,27+/m0/s1. The number of rotatable bonds is 4. The molecular weight excluding hydrogens is 466 g/mol. The number of carbonyl (C=O) groups excluding carboxylic acids is 3. The summed E-state index contributed by atoms with van der Waals surface area (Å²) in [5, 5.41) is 32.2. The van der Waals surface area contributed by atoms with E-state index >= 15 is 0 Å². The van der Waals surface area contributed by atoms with E-state index in [-0.39, 0.29) is 65.9 Å². The number of Topliss-reactive ketones (excluding diaryl/α,β-unsaturated/α-hetero) is 1. The molecule has 9 nitrogen and oxygen atoms in total. The normalized spacial score (nSPS) is 29.4. The molecule has 0 amide bonds. The maximum Gasteiger partial charge on any atom is 0.198 e.